The predicted molar refractivity (Wildman–Crippen MR) is 126 cm³/mol. The molecule has 2 heterocycles. The number of methoxy groups -OCH3 is 1. The molecule has 172 valence electrons. The first-order valence-corrected chi connectivity index (χ1v) is 11.0. The largest absolute Gasteiger partial charge is 0.496 e. The van der Waals surface area contributed by atoms with Crippen molar-refractivity contribution in [3.05, 3.63) is 87.3 Å². The molecule has 0 fully saturated rings. The van der Waals surface area contributed by atoms with Crippen molar-refractivity contribution in [1.29, 1.82) is 0 Å². The molecule has 0 saturated carbocycles. The Morgan fingerprint density at radius 2 is 1.85 bits per heavy atom. The Hall–Kier alpha value is -3.74. The highest BCUT2D eigenvalue weighted by Gasteiger charge is 2.23. The quantitative estimate of drug-likeness (QED) is 0.600. The van der Waals surface area contributed by atoms with E-state index in [9.17, 15) is 9.59 Å². The van der Waals surface area contributed by atoms with Crippen LogP contribution in [0.2, 0.25) is 0 Å². The van der Waals surface area contributed by atoms with Gasteiger partial charge < -0.3 is 24.1 Å². The van der Waals surface area contributed by atoms with Crippen LogP contribution in [-0.4, -0.2) is 36.8 Å². The van der Waals surface area contributed by atoms with Gasteiger partial charge in [-0.15, -0.1) is 0 Å². The third-order valence-corrected chi connectivity index (χ3v) is 5.86. The van der Waals surface area contributed by atoms with E-state index in [1.165, 1.54) is 6.07 Å². The number of fused-ring (bicyclic) bond motifs is 1. The van der Waals surface area contributed by atoms with Gasteiger partial charge in [-0.3, -0.25) is 9.59 Å². The van der Waals surface area contributed by atoms with Gasteiger partial charge in [0.2, 0.25) is 0 Å². The minimum atomic E-state index is -0.411. The molecule has 1 N–H and O–H groups in total. The van der Waals surface area contributed by atoms with Crippen molar-refractivity contribution in [3.8, 4) is 17.2 Å². The van der Waals surface area contributed by atoms with Crippen LogP contribution >= 0.6 is 0 Å². The second-order valence-corrected chi connectivity index (χ2v) is 8.03. The number of hydrogen-bond acceptors (Lipinski definition) is 5. The molecule has 1 aromatic heterocycles. The summed E-state index contributed by atoms with van der Waals surface area (Å²) in [6.45, 7) is 4.87. The van der Waals surface area contributed by atoms with Crippen LogP contribution in [0.5, 0.6) is 17.2 Å². The molecule has 1 unspecified atom stereocenters. The van der Waals surface area contributed by atoms with Gasteiger partial charge in [-0.05, 0) is 44.0 Å². The van der Waals surface area contributed by atoms with Gasteiger partial charge in [-0.1, -0.05) is 30.3 Å². The fourth-order valence-electron chi connectivity index (χ4n) is 4.14. The number of aryl methyl sites for hydroxylation is 2. The summed E-state index contributed by atoms with van der Waals surface area (Å²) in [5.41, 5.74) is 2.38. The van der Waals surface area contributed by atoms with Crippen LogP contribution in [0.3, 0.4) is 0 Å². The summed E-state index contributed by atoms with van der Waals surface area (Å²) in [4.78, 5) is 25.7. The van der Waals surface area contributed by atoms with Crippen LogP contribution in [0.4, 0.5) is 0 Å². The minimum absolute atomic E-state index is 0.151. The Kier molecular flexibility index (Phi) is 6.68. The predicted octanol–water partition coefficient (Wildman–Crippen LogP) is 3.29. The van der Waals surface area contributed by atoms with Gasteiger partial charge in [0.25, 0.3) is 5.91 Å². The molecule has 1 aliphatic heterocycles. The lowest BCUT2D eigenvalue weighted by atomic mass is 10.1. The lowest BCUT2D eigenvalue weighted by Crippen LogP contribution is -2.42. The van der Waals surface area contributed by atoms with Crippen LogP contribution in [0.25, 0.3) is 0 Å². The number of nitrogens with zero attached hydrogens (tertiary/aromatic N) is 1. The summed E-state index contributed by atoms with van der Waals surface area (Å²) < 4.78 is 19.0. The minimum Gasteiger partial charge on any atom is -0.496 e. The van der Waals surface area contributed by atoms with Crippen LogP contribution < -0.4 is 25.0 Å². The summed E-state index contributed by atoms with van der Waals surface area (Å²) in [6.07, 6.45) is 0.379. The molecule has 0 bridgehead atoms. The highest BCUT2D eigenvalue weighted by atomic mass is 16.6. The first kappa shape index (κ1) is 22.5. The number of nitrogens with one attached hydrogen (secondary N) is 1. The van der Waals surface area contributed by atoms with E-state index in [2.05, 4.69) is 5.32 Å². The van der Waals surface area contributed by atoms with E-state index in [-0.39, 0.29) is 23.6 Å². The van der Waals surface area contributed by atoms with Crippen LogP contribution in [0.15, 0.2) is 59.4 Å². The Labute approximate surface area is 192 Å². The molecule has 0 radical (unpaired) electrons. The number of pyridine rings is 1. The molecule has 4 rings (SSSR count). The highest BCUT2D eigenvalue weighted by Crippen LogP contribution is 2.30. The molecule has 2 aromatic carbocycles. The number of aromatic nitrogens is 1. The Morgan fingerprint density at radius 3 is 2.64 bits per heavy atom. The van der Waals surface area contributed by atoms with Crippen molar-refractivity contribution in [2.24, 2.45) is 0 Å². The fourth-order valence-corrected chi connectivity index (χ4v) is 4.14. The average Bonchev–Trinajstić information content (AvgIpc) is 2.82. The zero-order chi connectivity index (χ0) is 23.4. The van der Waals surface area contributed by atoms with Crippen LogP contribution in [0.1, 0.15) is 27.3 Å². The van der Waals surface area contributed by atoms with Gasteiger partial charge in [-0.25, -0.2) is 0 Å². The van der Waals surface area contributed by atoms with Crippen LogP contribution in [0, 0.1) is 13.8 Å². The fraction of sp³-hybridized carbons (Fsp3) is 0.308. The Balaban J connectivity index is 1.47. The van der Waals surface area contributed by atoms with E-state index >= 15 is 0 Å². The normalized spacial score (nSPS) is 14.6. The van der Waals surface area contributed by atoms with Crippen molar-refractivity contribution in [2.45, 2.75) is 32.9 Å². The number of amides is 1. The van der Waals surface area contributed by atoms with Gasteiger partial charge >= 0.3 is 0 Å². The third-order valence-electron chi connectivity index (χ3n) is 5.86. The van der Waals surface area contributed by atoms with Crippen molar-refractivity contribution >= 4 is 5.91 Å². The Morgan fingerprint density at radius 1 is 1.12 bits per heavy atom. The molecule has 3 aromatic rings. The number of carbonyl (C=O) groups is 1. The number of carbonyl (C=O) groups excluding carboxylic acids is 1. The maximum Gasteiger partial charge on any atom is 0.257 e. The number of para-hydroxylation sites is 3. The molecule has 1 atom stereocenters. The standard InChI is InChI=1S/C26H28N2O5/c1-17-14-21(29)25(18(2)28(17)13-12-19-8-4-5-9-22(19)31-3)26(30)27-15-20-16-32-23-10-6-7-11-24(23)33-20/h4-11,14,20H,12-13,15-16H2,1-3H3,(H,27,30). The monoisotopic (exact) mass is 448 g/mol. The zero-order valence-electron chi connectivity index (χ0n) is 19.1. The molecule has 0 aliphatic carbocycles. The van der Waals surface area contributed by atoms with Gasteiger partial charge in [0.05, 0.1) is 13.7 Å². The molecule has 7 heteroatoms. The van der Waals surface area contributed by atoms with Crippen molar-refractivity contribution in [2.75, 3.05) is 20.3 Å². The molecular weight excluding hydrogens is 420 g/mol. The molecule has 0 saturated heterocycles. The van der Waals surface area contributed by atoms with Gasteiger partial charge in [0.15, 0.2) is 16.9 Å². The number of hydrogen-bond donors (Lipinski definition) is 1. The van der Waals surface area contributed by atoms with Crippen molar-refractivity contribution in [3.63, 3.8) is 0 Å². The van der Waals surface area contributed by atoms with E-state index in [4.69, 9.17) is 14.2 Å². The summed E-state index contributed by atoms with van der Waals surface area (Å²) in [7, 11) is 1.65. The van der Waals surface area contributed by atoms with E-state index in [1.807, 2.05) is 66.9 Å². The second kappa shape index (κ2) is 9.81. The molecule has 0 spiro atoms. The van der Waals surface area contributed by atoms with Crippen molar-refractivity contribution < 1.29 is 19.0 Å². The first-order chi connectivity index (χ1) is 16.0. The molecule has 7 nitrogen and oxygen atoms in total. The molecule has 33 heavy (non-hydrogen) atoms. The maximum atomic E-state index is 13.0. The third kappa shape index (κ3) is 4.87. The SMILES string of the molecule is COc1ccccc1CCn1c(C)cc(=O)c(C(=O)NCC2COc3ccccc3O2)c1C. The number of benzene rings is 2. The molecular formula is C26H28N2O5. The smallest absolute Gasteiger partial charge is 0.257 e. The average molecular weight is 449 g/mol. The lowest BCUT2D eigenvalue weighted by Gasteiger charge is -2.26. The van der Waals surface area contributed by atoms with E-state index in [0.717, 1.165) is 17.0 Å². The first-order valence-electron chi connectivity index (χ1n) is 11.0. The molecule has 1 amide bonds. The zero-order valence-corrected chi connectivity index (χ0v) is 19.1. The van der Waals surface area contributed by atoms with Gasteiger partial charge in [0, 0.05) is 24.0 Å². The number of rotatable bonds is 7. The van der Waals surface area contributed by atoms with E-state index in [1.54, 1.807) is 7.11 Å². The topological polar surface area (TPSA) is 78.8 Å². The maximum absolute atomic E-state index is 13.0. The summed E-state index contributed by atoms with van der Waals surface area (Å²) in [5, 5.41) is 2.84. The molecule has 1 aliphatic rings. The summed E-state index contributed by atoms with van der Waals surface area (Å²) >= 11 is 0. The summed E-state index contributed by atoms with van der Waals surface area (Å²) in [5.74, 6) is 1.75. The number of ether oxygens (including phenoxy) is 3. The van der Waals surface area contributed by atoms with E-state index < -0.39 is 5.91 Å². The Bertz CT molecular complexity index is 1220. The summed E-state index contributed by atoms with van der Waals surface area (Å²) in [6, 6.07) is 16.8. The highest BCUT2D eigenvalue weighted by molar-refractivity contribution is 5.95. The van der Waals surface area contributed by atoms with E-state index in [0.29, 0.717) is 36.8 Å². The van der Waals surface area contributed by atoms with Crippen LogP contribution in [-0.2, 0) is 13.0 Å². The van der Waals surface area contributed by atoms with Gasteiger partial charge in [-0.2, -0.15) is 0 Å². The lowest BCUT2D eigenvalue weighted by molar-refractivity contribution is 0.0787. The second-order valence-electron chi connectivity index (χ2n) is 8.03. The van der Waals surface area contributed by atoms with Gasteiger partial charge in [0.1, 0.15) is 24.0 Å². The van der Waals surface area contributed by atoms with Crippen molar-refractivity contribution in [1.82, 2.24) is 9.88 Å².